The molecule has 0 bridgehead atoms. The molecule has 1 aromatic carbocycles. The van der Waals surface area contributed by atoms with E-state index in [2.05, 4.69) is 15.0 Å². The normalized spacial score (nSPS) is 17.3. The number of imidazole rings is 1. The Bertz CT molecular complexity index is 1080. The van der Waals surface area contributed by atoms with Gasteiger partial charge in [-0.3, -0.25) is 9.19 Å². The van der Waals surface area contributed by atoms with Crippen molar-refractivity contribution in [1.29, 1.82) is 0 Å². The molecule has 0 saturated carbocycles. The van der Waals surface area contributed by atoms with Gasteiger partial charge in [-0.15, -0.1) is 0 Å². The van der Waals surface area contributed by atoms with E-state index in [1.54, 1.807) is 6.20 Å². The first kappa shape index (κ1) is 24.4. The number of hydrogen-bond acceptors (Lipinski definition) is 6. The summed E-state index contributed by atoms with van der Waals surface area (Å²) in [6.45, 7) is 9.46. The first-order chi connectivity index (χ1) is 14.3. The number of aromatic amines is 1. The molecule has 9 heteroatoms. The van der Waals surface area contributed by atoms with Gasteiger partial charge in [0, 0.05) is 17.7 Å². The largest absolute Gasteiger partial charge is 1.00 e. The zero-order valence-corrected chi connectivity index (χ0v) is 21.5. The Kier molecular flexibility index (Phi) is 7.94. The van der Waals surface area contributed by atoms with Crippen molar-refractivity contribution in [3.05, 3.63) is 47.3 Å². The molecule has 162 valence electrons. The third kappa shape index (κ3) is 5.94. The first-order valence-electron chi connectivity index (χ1n) is 10.0. The van der Waals surface area contributed by atoms with E-state index in [-0.39, 0.29) is 42.7 Å². The molecule has 0 spiro atoms. The van der Waals surface area contributed by atoms with E-state index in [1.165, 1.54) is 0 Å². The van der Waals surface area contributed by atoms with Gasteiger partial charge in [0.05, 0.1) is 53.1 Å². The van der Waals surface area contributed by atoms with Crippen molar-refractivity contribution in [2.45, 2.75) is 44.4 Å². The molecule has 0 radical (unpaired) electrons. The zero-order chi connectivity index (χ0) is 21.3. The van der Waals surface area contributed by atoms with Crippen LogP contribution in [0.3, 0.4) is 0 Å². The molecule has 4 rings (SSSR count). The molecule has 0 aliphatic carbocycles. The maximum atomic E-state index is 12.9. The van der Waals surface area contributed by atoms with Crippen molar-refractivity contribution in [3.8, 4) is 5.75 Å². The first-order valence-corrected chi connectivity index (χ1v) is 11.3. The van der Waals surface area contributed by atoms with Crippen LogP contribution in [-0.2, 0) is 26.0 Å². The van der Waals surface area contributed by atoms with Crippen molar-refractivity contribution in [2.75, 3.05) is 19.8 Å². The number of aryl methyl sites for hydroxylation is 1. The molecule has 3 aromatic rings. The molecular weight excluding hydrogens is 425 g/mol. The number of ether oxygens (including phenoxy) is 3. The van der Waals surface area contributed by atoms with Gasteiger partial charge in [-0.1, -0.05) is 6.07 Å². The van der Waals surface area contributed by atoms with E-state index < -0.39 is 16.6 Å². The quantitative estimate of drug-likeness (QED) is 0.555. The van der Waals surface area contributed by atoms with Gasteiger partial charge in [0.25, 0.3) is 0 Å². The Balaban J connectivity index is 0.00000181. The number of rotatable bonds is 6. The maximum absolute atomic E-state index is 12.9. The van der Waals surface area contributed by atoms with Crippen LogP contribution >= 0.6 is 0 Å². The van der Waals surface area contributed by atoms with Gasteiger partial charge in [-0.05, 0) is 51.5 Å². The minimum Gasteiger partial charge on any atom is -1.00 e. The molecule has 1 aliphatic heterocycles. The molecule has 1 aliphatic rings. The monoisotopic (exact) mass is 453 g/mol. The second-order valence-electron chi connectivity index (χ2n) is 8.13. The summed E-state index contributed by atoms with van der Waals surface area (Å²) in [5.41, 5.74) is 4.45. The molecular formula is C22H28N3NaO4S. The van der Waals surface area contributed by atoms with Gasteiger partial charge in [-0.2, -0.15) is 0 Å². The average Bonchev–Trinajstić information content (AvgIpc) is 3.13. The Morgan fingerprint density at radius 1 is 1.26 bits per heavy atom. The number of hydrogen-bond donors (Lipinski definition) is 1. The number of H-pyrrole nitrogens is 1. The van der Waals surface area contributed by atoms with Crippen LogP contribution in [0.5, 0.6) is 5.75 Å². The molecule has 7 nitrogen and oxygen atoms in total. The van der Waals surface area contributed by atoms with Crippen LogP contribution < -0.4 is 34.3 Å². The fraction of sp³-hybridized carbons (Fsp3) is 0.455. The summed E-state index contributed by atoms with van der Waals surface area (Å²) in [7, 11) is -1.33. The van der Waals surface area contributed by atoms with Crippen LogP contribution in [0.4, 0.5) is 0 Å². The summed E-state index contributed by atoms with van der Waals surface area (Å²) < 4.78 is 30.3. The molecule has 0 amide bonds. The fourth-order valence-corrected chi connectivity index (χ4v) is 4.39. The van der Waals surface area contributed by atoms with Gasteiger partial charge < -0.3 is 20.6 Å². The Morgan fingerprint density at radius 3 is 2.74 bits per heavy atom. The average molecular weight is 454 g/mol. The number of benzene rings is 1. The number of pyridine rings is 1. The van der Waals surface area contributed by atoms with Crippen molar-refractivity contribution < 1.29 is 49.4 Å². The zero-order valence-electron chi connectivity index (χ0n) is 19.7. The Labute approximate surface area is 208 Å². The fourth-order valence-electron chi connectivity index (χ4n) is 3.29. The summed E-state index contributed by atoms with van der Waals surface area (Å²) >= 11 is 0. The van der Waals surface area contributed by atoms with Gasteiger partial charge in [0.2, 0.25) is 0 Å². The summed E-state index contributed by atoms with van der Waals surface area (Å²) in [5, 5.41) is 0.460. The molecule has 1 saturated heterocycles. The van der Waals surface area contributed by atoms with Crippen LogP contribution in [0.15, 0.2) is 35.6 Å². The van der Waals surface area contributed by atoms with Crippen molar-refractivity contribution in [3.63, 3.8) is 0 Å². The van der Waals surface area contributed by atoms with E-state index in [9.17, 15) is 4.21 Å². The Hall–Kier alpha value is -1.29. The molecule has 1 atom stereocenters. The van der Waals surface area contributed by atoms with E-state index >= 15 is 0 Å². The van der Waals surface area contributed by atoms with Gasteiger partial charge in [0.15, 0.2) is 10.9 Å². The summed E-state index contributed by atoms with van der Waals surface area (Å²) in [5.74, 6) is 0.644. The maximum Gasteiger partial charge on any atom is 1.00 e. The second kappa shape index (κ2) is 10.1. The third-order valence-corrected chi connectivity index (χ3v) is 6.33. The minimum absolute atomic E-state index is 0. The molecule has 1 N–H and O–H groups in total. The number of aromatic nitrogens is 3. The second-order valence-corrected chi connectivity index (χ2v) is 9.50. The predicted molar refractivity (Wildman–Crippen MR) is 116 cm³/mol. The van der Waals surface area contributed by atoms with Gasteiger partial charge in [0.1, 0.15) is 5.75 Å². The van der Waals surface area contributed by atoms with Crippen molar-refractivity contribution >= 4 is 21.8 Å². The van der Waals surface area contributed by atoms with Crippen LogP contribution in [0.1, 0.15) is 32.1 Å². The Morgan fingerprint density at radius 2 is 2.00 bits per heavy atom. The topological polar surface area (TPSA) is 86.3 Å². The van der Waals surface area contributed by atoms with E-state index in [0.29, 0.717) is 25.0 Å². The predicted octanol–water partition coefficient (Wildman–Crippen LogP) is 0.777. The molecule has 1 unspecified atom stereocenters. The van der Waals surface area contributed by atoms with Crippen LogP contribution in [-0.4, -0.2) is 44.8 Å². The minimum atomic E-state index is -1.33. The van der Waals surface area contributed by atoms with Crippen molar-refractivity contribution in [1.82, 2.24) is 15.0 Å². The molecule has 2 aromatic heterocycles. The number of nitrogens with zero attached hydrogens (tertiary/aromatic N) is 2. The SMILES string of the molecule is Cc1ccc2nc(S(=O)Cc3nccc(OCC4COC(C)(C)OC4)c3C)[nH]c2c1.[H-].[Na+]. The molecule has 31 heavy (non-hydrogen) atoms. The third-order valence-electron chi connectivity index (χ3n) is 5.17. The van der Waals surface area contributed by atoms with Crippen molar-refractivity contribution in [2.24, 2.45) is 5.92 Å². The standard InChI is InChI=1S/C22H27N3O4S.Na.H/c1-14-5-6-17-18(9-14)25-21(24-17)30(26)13-19-15(2)20(7-8-23-19)27-10-16-11-28-22(3,4)29-12-16;;/h5-9,16H,10-13H2,1-4H3,(H,24,25);;/q;+1;-1. The summed E-state index contributed by atoms with van der Waals surface area (Å²) in [6.07, 6.45) is 1.69. The number of fused-ring (bicyclic) bond motifs is 1. The molecule has 1 fully saturated rings. The van der Waals surface area contributed by atoms with Crippen LogP contribution in [0, 0.1) is 19.8 Å². The van der Waals surface area contributed by atoms with E-state index in [0.717, 1.165) is 33.6 Å². The summed E-state index contributed by atoms with van der Waals surface area (Å²) in [6, 6.07) is 7.76. The van der Waals surface area contributed by atoms with E-state index in [1.807, 2.05) is 52.0 Å². The van der Waals surface area contributed by atoms with Crippen LogP contribution in [0.2, 0.25) is 0 Å². The summed E-state index contributed by atoms with van der Waals surface area (Å²) in [4.78, 5) is 12.1. The van der Waals surface area contributed by atoms with Gasteiger partial charge in [-0.25, -0.2) is 4.98 Å². The van der Waals surface area contributed by atoms with E-state index in [4.69, 9.17) is 14.2 Å². The smallest absolute Gasteiger partial charge is 1.00 e. The van der Waals surface area contributed by atoms with Crippen LogP contribution in [0.25, 0.3) is 11.0 Å². The van der Waals surface area contributed by atoms with Gasteiger partial charge >= 0.3 is 29.6 Å². The number of nitrogens with one attached hydrogen (secondary N) is 1. The molecule has 3 heterocycles.